The van der Waals surface area contributed by atoms with Gasteiger partial charge in [-0.15, -0.1) is 0 Å². The molecule has 0 radical (unpaired) electrons. The van der Waals surface area contributed by atoms with E-state index in [4.69, 9.17) is 0 Å². The summed E-state index contributed by atoms with van der Waals surface area (Å²) in [4.78, 5) is 2.63. The number of unbranched alkanes of at least 4 members (excludes halogenated alkanes) is 3. The summed E-state index contributed by atoms with van der Waals surface area (Å²) in [6.07, 6.45) is 9.70. The summed E-state index contributed by atoms with van der Waals surface area (Å²) in [5, 5.41) is 0. The first-order chi connectivity index (χ1) is 7.70. The second-order valence-electron chi connectivity index (χ2n) is 5.44. The van der Waals surface area contributed by atoms with Crippen molar-refractivity contribution in [1.82, 2.24) is 4.90 Å². The molecule has 0 amide bonds. The quantitative estimate of drug-likeness (QED) is 0.462. The van der Waals surface area contributed by atoms with Crippen LogP contribution in [0.4, 0.5) is 0 Å². The standard InChI is InChI=1S/C15H33N/c1-5-12-16(13-6-2)14-10-8-7-9-11-15(3)4/h15H,5-14H2,1-4H3. The van der Waals surface area contributed by atoms with Crippen molar-refractivity contribution in [2.24, 2.45) is 5.92 Å². The van der Waals surface area contributed by atoms with E-state index < -0.39 is 0 Å². The van der Waals surface area contributed by atoms with E-state index in [0.717, 1.165) is 5.92 Å². The van der Waals surface area contributed by atoms with Gasteiger partial charge in [-0.05, 0) is 44.8 Å². The van der Waals surface area contributed by atoms with Crippen LogP contribution in [0.15, 0.2) is 0 Å². The van der Waals surface area contributed by atoms with Gasteiger partial charge in [0.05, 0.1) is 0 Å². The fraction of sp³-hybridized carbons (Fsp3) is 1.00. The molecule has 0 N–H and O–H groups in total. The summed E-state index contributed by atoms with van der Waals surface area (Å²) in [6, 6.07) is 0. The number of hydrogen-bond acceptors (Lipinski definition) is 1. The molecule has 0 bridgehead atoms. The molecule has 0 spiro atoms. The molecule has 0 aromatic carbocycles. The largest absolute Gasteiger partial charge is 0.303 e. The van der Waals surface area contributed by atoms with Gasteiger partial charge in [0.25, 0.3) is 0 Å². The van der Waals surface area contributed by atoms with Crippen LogP contribution in [-0.2, 0) is 0 Å². The van der Waals surface area contributed by atoms with Crippen LogP contribution in [0.5, 0.6) is 0 Å². The Balaban J connectivity index is 3.32. The van der Waals surface area contributed by atoms with Crippen molar-refractivity contribution in [2.45, 2.75) is 72.6 Å². The van der Waals surface area contributed by atoms with Gasteiger partial charge in [0.15, 0.2) is 0 Å². The topological polar surface area (TPSA) is 3.24 Å². The zero-order valence-electron chi connectivity index (χ0n) is 12.1. The first-order valence-corrected chi connectivity index (χ1v) is 7.43. The number of nitrogens with zero attached hydrogens (tertiary/aromatic N) is 1. The van der Waals surface area contributed by atoms with Crippen molar-refractivity contribution in [2.75, 3.05) is 19.6 Å². The van der Waals surface area contributed by atoms with Crippen molar-refractivity contribution in [3.05, 3.63) is 0 Å². The molecule has 0 rings (SSSR count). The van der Waals surface area contributed by atoms with Gasteiger partial charge in [-0.2, -0.15) is 0 Å². The van der Waals surface area contributed by atoms with E-state index in [2.05, 4.69) is 32.6 Å². The maximum absolute atomic E-state index is 2.63. The van der Waals surface area contributed by atoms with E-state index in [-0.39, 0.29) is 0 Å². The van der Waals surface area contributed by atoms with Crippen molar-refractivity contribution < 1.29 is 0 Å². The summed E-state index contributed by atoms with van der Waals surface area (Å²) in [7, 11) is 0. The van der Waals surface area contributed by atoms with E-state index in [1.54, 1.807) is 0 Å². The Hall–Kier alpha value is -0.0400. The lowest BCUT2D eigenvalue weighted by Crippen LogP contribution is -2.26. The highest BCUT2D eigenvalue weighted by Gasteiger charge is 2.01. The lowest BCUT2D eigenvalue weighted by Gasteiger charge is -2.20. The molecular formula is C15H33N. The van der Waals surface area contributed by atoms with Crippen molar-refractivity contribution in [3.63, 3.8) is 0 Å². The molecule has 0 aromatic heterocycles. The van der Waals surface area contributed by atoms with Crippen LogP contribution in [0.1, 0.15) is 72.6 Å². The Morgan fingerprint density at radius 1 is 0.750 bits per heavy atom. The second kappa shape index (κ2) is 11.4. The molecule has 0 saturated heterocycles. The van der Waals surface area contributed by atoms with Crippen LogP contribution in [-0.4, -0.2) is 24.5 Å². The Labute approximate surface area is 104 Å². The summed E-state index contributed by atoms with van der Waals surface area (Å²) in [5.74, 6) is 0.886. The van der Waals surface area contributed by atoms with Crippen molar-refractivity contribution >= 4 is 0 Å². The summed E-state index contributed by atoms with van der Waals surface area (Å²) in [6.45, 7) is 13.1. The van der Waals surface area contributed by atoms with Crippen molar-refractivity contribution in [1.29, 1.82) is 0 Å². The normalized spacial score (nSPS) is 11.6. The minimum atomic E-state index is 0.886. The van der Waals surface area contributed by atoms with E-state index >= 15 is 0 Å². The summed E-state index contributed by atoms with van der Waals surface area (Å²) < 4.78 is 0. The third-order valence-electron chi connectivity index (χ3n) is 3.09. The van der Waals surface area contributed by atoms with E-state index in [0.29, 0.717) is 0 Å². The van der Waals surface area contributed by atoms with Crippen LogP contribution in [0.2, 0.25) is 0 Å². The highest BCUT2D eigenvalue weighted by atomic mass is 15.1. The molecule has 0 heterocycles. The average molecular weight is 227 g/mol. The molecule has 0 saturated carbocycles. The SMILES string of the molecule is CCCN(CCC)CCCCCCC(C)C. The molecule has 16 heavy (non-hydrogen) atoms. The fourth-order valence-electron chi connectivity index (χ4n) is 2.21. The number of hydrogen-bond donors (Lipinski definition) is 0. The smallest absolute Gasteiger partial charge is 0.00187 e. The van der Waals surface area contributed by atoms with Gasteiger partial charge in [-0.1, -0.05) is 53.4 Å². The van der Waals surface area contributed by atoms with Crippen molar-refractivity contribution in [3.8, 4) is 0 Å². The predicted octanol–water partition coefficient (Wildman–Crippen LogP) is 4.71. The third-order valence-corrected chi connectivity index (χ3v) is 3.09. The highest BCUT2D eigenvalue weighted by molar-refractivity contribution is 4.57. The molecule has 0 atom stereocenters. The van der Waals surface area contributed by atoms with Crippen LogP contribution in [0.3, 0.4) is 0 Å². The maximum Gasteiger partial charge on any atom is -0.00187 e. The van der Waals surface area contributed by atoms with Gasteiger partial charge < -0.3 is 4.90 Å². The Bertz CT molecular complexity index is 125. The van der Waals surface area contributed by atoms with E-state index in [1.807, 2.05) is 0 Å². The zero-order chi connectivity index (χ0) is 12.2. The molecular weight excluding hydrogens is 194 g/mol. The molecule has 0 aliphatic carbocycles. The maximum atomic E-state index is 2.63. The van der Waals surface area contributed by atoms with Gasteiger partial charge in [0.2, 0.25) is 0 Å². The average Bonchev–Trinajstić information content (AvgIpc) is 2.23. The molecule has 1 nitrogen and oxygen atoms in total. The summed E-state index contributed by atoms with van der Waals surface area (Å²) in [5.41, 5.74) is 0. The van der Waals surface area contributed by atoms with Gasteiger partial charge in [0, 0.05) is 0 Å². The third kappa shape index (κ3) is 10.5. The van der Waals surface area contributed by atoms with Gasteiger partial charge in [-0.3, -0.25) is 0 Å². The Morgan fingerprint density at radius 3 is 1.81 bits per heavy atom. The second-order valence-corrected chi connectivity index (χ2v) is 5.44. The predicted molar refractivity (Wildman–Crippen MR) is 74.9 cm³/mol. The summed E-state index contributed by atoms with van der Waals surface area (Å²) >= 11 is 0. The molecule has 0 aromatic rings. The molecule has 0 aliphatic heterocycles. The van der Waals surface area contributed by atoms with Gasteiger partial charge >= 0.3 is 0 Å². The highest BCUT2D eigenvalue weighted by Crippen LogP contribution is 2.10. The Morgan fingerprint density at radius 2 is 1.31 bits per heavy atom. The molecule has 0 fully saturated rings. The van der Waals surface area contributed by atoms with Gasteiger partial charge in [0.1, 0.15) is 0 Å². The first kappa shape index (κ1) is 16.0. The van der Waals surface area contributed by atoms with Crippen LogP contribution < -0.4 is 0 Å². The minimum Gasteiger partial charge on any atom is -0.303 e. The lowest BCUT2D eigenvalue weighted by molar-refractivity contribution is 0.267. The Kier molecular flexibility index (Phi) is 11.4. The monoisotopic (exact) mass is 227 g/mol. The lowest BCUT2D eigenvalue weighted by atomic mass is 10.0. The molecule has 1 heteroatoms. The fourth-order valence-corrected chi connectivity index (χ4v) is 2.21. The van der Waals surface area contributed by atoms with E-state index in [1.165, 1.54) is 64.6 Å². The minimum absolute atomic E-state index is 0.886. The molecule has 0 unspecified atom stereocenters. The van der Waals surface area contributed by atoms with Crippen LogP contribution in [0, 0.1) is 5.92 Å². The van der Waals surface area contributed by atoms with Crippen LogP contribution in [0.25, 0.3) is 0 Å². The van der Waals surface area contributed by atoms with Gasteiger partial charge in [-0.25, -0.2) is 0 Å². The first-order valence-electron chi connectivity index (χ1n) is 7.43. The van der Waals surface area contributed by atoms with E-state index in [9.17, 15) is 0 Å². The zero-order valence-corrected chi connectivity index (χ0v) is 12.1. The molecule has 0 aliphatic rings. The van der Waals surface area contributed by atoms with Crippen LogP contribution >= 0.6 is 0 Å². The number of rotatable bonds is 11. The molecule has 98 valence electrons.